The highest BCUT2D eigenvalue weighted by molar-refractivity contribution is 9.10. The molecule has 0 aliphatic heterocycles. The molecule has 0 atom stereocenters. The maximum absolute atomic E-state index is 8.11. The predicted octanol–water partition coefficient (Wildman–Crippen LogP) is 2.73. The predicted molar refractivity (Wildman–Crippen MR) is 66.3 cm³/mol. The molecular formula is C12H8BrN3. The van der Waals surface area contributed by atoms with Gasteiger partial charge in [-0.1, -0.05) is 22.0 Å². The van der Waals surface area contributed by atoms with Crippen molar-refractivity contribution in [2.75, 3.05) is 0 Å². The lowest BCUT2D eigenvalue weighted by Gasteiger charge is -2.04. The van der Waals surface area contributed by atoms with Crippen molar-refractivity contribution in [1.82, 2.24) is 9.38 Å². The second-order valence-corrected chi connectivity index (χ2v) is 4.47. The Kier molecular flexibility index (Phi) is 2.04. The van der Waals surface area contributed by atoms with Gasteiger partial charge >= 0.3 is 0 Å². The third-order valence-corrected chi connectivity index (χ3v) is 3.02. The number of benzene rings is 1. The summed E-state index contributed by atoms with van der Waals surface area (Å²) in [5.74, 6) is 0. The van der Waals surface area contributed by atoms with Crippen LogP contribution in [0.1, 0.15) is 0 Å². The molecule has 0 aliphatic carbocycles. The molecule has 4 heteroatoms. The van der Waals surface area contributed by atoms with Crippen LogP contribution in [-0.4, -0.2) is 9.38 Å². The molecule has 78 valence electrons. The molecule has 1 aromatic carbocycles. The van der Waals surface area contributed by atoms with Crippen LogP contribution in [0.25, 0.3) is 16.6 Å². The molecule has 2 aromatic heterocycles. The first kappa shape index (κ1) is 9.54. The summed E-state index contributed by atoms with van der Waals surface area (Å²) in [6.45, 7) is 0. The van der Waals surface area contributed by atoms with Crippen LogP contribution in [0.3, 0.4) is 0 Å². The molecule has 2 heterocycles. The molecule has 1 N–H and O–H groups in total. The molecule has 16 heavy (non-hydrogen) atoms. The largest absolute Gasteiger partial charge is 0.286 e. The first-order valence-corrected chi connectivity index (χ1v) is 5.66. The molecule has 3 rings (SSSR count). The van der Waals surface area contributed by atoms with Crippen LogP contribution in [0.4, 0.5) is 0 Å². The second kappa shape index (κ2) is 3.42. The average molecular weight is 274 g/mol. The molecule has 0 saturated heterocycles. The molecule has 3 nitrogen and oxygen atoms in total. The molecule has 0 saturated carbocycles. The van der Waals surface area contributed by atoms with E-state index in [9.17, 15) is 0 Å². The van der Waals surface area contributed by atoms with E-state index in [4.69, 9.17) is 5.41 Å². The minimum absolute atomic E-state index is 0.466. The smallest absolute Gasteiger partial charge is 0.140 e. The molecule has 0 unspecified atom stereocenters. The quantitative estimate of drug-likeness (QED) is 0.629. The zero-order chi connectivity index (χ0) is 11.1. The number of fused-ring (bicyclic) bond motifs is 2. The van der Waals surface area contributed by atoms with Crippen LogP contribution in [0.5, 0.6) is 0 Å². The summed E-state index contributed by atoms with van der Waals surface area (Å²) in [5, 5.41) is 8.96. The molecule has 0 amide bonds. The molecule has 0 fully saturated rings. The number of halogens is 1. The Balaban J connectivity index is 2.61. The van der Waals surface area contributed by atoms with E-state index in [0.29, 0.717) is 5.49 Å². The molecule has 0 bridgehead atoms. The van der Waals surface area contributed by atoms with Crippen molar-refractivity contribution in [2.45, 2.75) is 0 Å². The van der Waals surface area contributed by atoms with E-state index < -0.39 is 0 Å². The highest BCUT2D eigenvalue weighted by atomic mass is 79.9. The average Bonchev–Trinajstić information content (AvgIpc) is 2.29. The van der Waals surface area contributed by atoms with E-state index in [1.54, 1.807) is 4.40 Å². The van der Waals surface area contributed by atoms with Gasteiger partial charge in [0.05, 0.1) is 5.52 Å². The van der Waals surface area contributed by atoms with Crippen molar-refractivity contribution >= 4 is 32.5 Å². The van der Waals surface area contributed by atoms with Gasteiger partial charge in [-0.3, -0.25) is 9.81 Å². The maximum Gasteiger partial charge on any atom is 0.140 e. The molecule has 3 aromatic rings. The summed E-state index contributed by atoms with van der Waals surface area (Å²) in [6, 6.07) is 11.5. The van der Waals surface area contributed by atoms with Crippen LogP contribution in [0.2, 0.25) is 0 Å². The summed E-state index contributed by atoms with van der Waals surface area (Å²) in [4.78, 5) is 4.51. The highest BCUT2D eigenvalue weighted by Crippen LogP contribution is 2.16. The Hall–Kier alpha value is -1.68. The van der Waals surface area contributed by atoms with Gasteiger partial charge in [0.15, 0.2) is 0 Å². The normalized spacial score (nSPS) is 11.1. The summed E-state index contributed by atoms with van der Waals surface area (Å²) in [5.41, 5.74) is 2.09. The van der Waals surface area contributed by atoms with Gasteiger partial charge in [-0.05, 0) is 30.3 Å². The fraction of sp³-hybridized carbons (Fsp3) is 0. The number of rotatable bonds is 0. The Morgan fingerprint density at radius 1 is 1.19 bits per heavy atom. The minimum atomic E-state index is 0.466. The zero-order valence-electron chi connectivity index (χ0n) is 8.31. The topological polar surface area (TPSA) is 41.2 Å². The lowest BCUT2D eigenvalue weighted by atomic mass is 10.2. The van der Waals surface area contributed by atoms with E-state index in [1.807, 2.05) is 42.6 Å². The van der Waals surface area contributed by atoms with E-state index in [2.05, 4.69) is 20.9 Å². The number of pyridine rings is 1. The van der Waals surface area contributed by atoms with Crippen LogP contribution in [0, 0.1) is 5.41 Å². The minimum Gasteiger partial charge on any atom is -0.286 e. The Labute approximate surface area is 100 Å². The third-order valence-electron chi connectivity index (χ3n) is 2.53. The first-order chi connectivity index (χ1) is 7.75. The number of nitrogens with zero attached hydrogens (tertiary/aromatic N) is 2. The van der Waals surface area contributed by atoms with Crippen molar-refractivity contribution in [3.8, 4) is 0 Å². The van der Waals surface area contributed by atoms with E-state index in [1.165, 1.54) is 0 Å². The maximum atomic E-state index is 8.11. The van der Waals surface area contributed by atoms with Crippen LogP contribution in [0.15, 0.2) is 47.1 Å². The van der Waals surface area contributed by atoms with Gasteiger partial charge in [-0.2, -0.15) is 0 Å². The van der Waals surface area contributed by atoms with Gasteiger partial charge in [0.2, 0.25) is 0 Å². The molecule has 0 radical (unpaired) electrons. The fourth-order valence-corrected chi connectivity index (χ4v) is 2.11. The van der Waals surface area contributed by atoms with Crippen LogP contribution < -0.4 is 5.49 Å². The standard InChI is InChI=1S/C12H8BrN3/c13-8-4-5-9-10(7-8)15-11-3-1-2-6-16(11)12(9)14/h1-7,14H. The number of hydrogen-bond acceptors (Lipinski definition) is 2. The van der Waals surface area contributed by atoms with Crippen molar-refractivity contribution in [3.05, 3.63) is 52.6 Å². The van der Waals surface area contributed by atoms with E-state index in [0.717, 1.165) is 21.0 Å². The van der Waals surface area contributed by atoms with Gasteiger partial charge in [0.1, 0.15) is 11.1 Å². The zero-order valence-corrected chi connectivity index (χ0v) is 9.90. The third kappa shape index (κ3) is 1.34. The Morgan fingerprint density at radius 2 is 2.06 bits per heavy atom. The monoisotopic (exact) mass is 273 g/mol. The summed E-state index contributed by atoms with van der Waals surface area (Å²) < 4.78 is 2.75. The van der Waals surface area contributed by atoms with Gasteiger partial charge in [0, 0.05) is 16.1 Å². The van der Waals surface area contributed by atoms with E-state index in [-0.39, 0.29) is 0 Å². The SMILES string of the molecule is N=c1c2ccc(Br)cc2nc2ccccn12. The molecule has 0 aliphatic rings. The number of aromatic nitrogens is 2. The summed E-state index contributed by atoms with van der Waals surface area (Å²) in [6.07, 6.45) is 1.85. The van der Waals surface area contributed by atoms with Crippen LogP contribution >= 0.6 is 15.9 Å². The van der Waals surface area contributed by atoms with Crippen molar-refractivity contribution < 1.29 is 0 Å². The Bertz CT molecular complexity index is 746. The van der Waals surface area contributed by atoms with Crippen LogP contribution in [-0.2, 0) is 0 Å². The lowest BCUT2D eigenvalue weighted by molar-refractivity contribution is 1.00. The fourth-order valence-electron chi connectivity index (χ4n) is 1.76. The lowest BCUT2D eigenvalue weighted by Crippen LogP contribution is -2.14. The summed E-state index contributed by atoms with van der Waals surface area (Å²) in [7, 11) is 0. The highest BCUT2D eigenvalue weighted by Gasteiger charge is 2.02. The second-order valence-electron chi connectivity index (χ2n) is 3.55. The van der Waals surface area contributed by atoms with Gasteiger partial charge in [0.25, 0.3) is 0 Å². The van der Waals surface area contributed by atoms with Gasteiger partial charge in [-0.15, -0.1) is 0 Å². The van der Waals surface area contributed by atoms with Gasteiger partial charge < -0.3 is 0 Å². The van der Waals surface area contributed by atoms with Crippen molar-refractivity contribution in [3.63, 3.8) is 0 Å². The number of hydrogen-bond donors (Lipinski definition) is 1. The van der Waals surface area contributed by atoms with E-state index >= 15 is 0 Å². The number of nitrogens with one attached hydrogen (secondary N) is 1. The molecule has 0 spiro atoms. The Morgan fingerprint density at radius 3 is 2.94 bits per heavy atom. The van der Waals surface area contributed by atoms with Gasteiger partial charge in [-0.25, -0.2) is 4.98 Å². The van der Waals surface area contributed by atoms with Crippen molar-refractivity contribution in [2.24, 2.45) is 0 Å². The van der Waals surface area contributed by atoms with Crippen molar-refractivity contribution in [1.29, 1.82) is 5.41 Å². The molecular weight excluding hydrogens is 266 g/mol. The first-order valence-electron chi connectivity index (χ1n) is 4.87. The summed E-state index contributed by atoms with van der Waals surface area (Å²) >= 11 is 3.41.